The third-order valence-corrected chi connectivity index (χ3v) is 5.75. The number of nitrogens with one attached hydrogen (secondary N) is 3. The maximum atomic E-state index is 13.3. The average Bonchev–Trinajstić information content (AvgIpc) is 3.24. The Morgan fingerprint density at radius 2 is 2.03 bits per heavy atom. The Morgan fingerprint density at radius 3 is 2.71 bits per heavy atom. The molecule has 0 spiro atoms. The van der Waals surface area contributed by atoms with Crippen LogP contribution in [-0.4, -0.2) is 66.8 Å². The summed E-state index contributed by atoms with van der Waals surface area (Å²) >= 11 is 0. The van der Waals surface area contributed by atoms with Crippen LogP contribution in [0.15, 0.2) is 29.3 Å². The molecule has 1 aliphatic heterocycles. The number of hydrogen-bond donors (Lipinski definition) is 4. The van der Waals surface area contributed by atoms with Crippen LogP contribution in [0.4, 0.5) is 17.5 Å². The predicted molar refractivity (Wildman–Crippen MR) is 140 cm³/mol. The molecule has 0 bridgehead atoms. The van der Waals surface area contributed by atoms with Gasteiger partial charge in [-0.1, -0.05) is 18.1 Å². The molecular weight excluding hydrogens is 444 g/mol. The van der Waals surface area contributed by atoms with E-state index in [1.54, 1.807) is 46.1 Å². The van der Waals surface area contributed by atoms with Crippen LogP contribution in [0.1, 0.15) is 47.5 Å². The molecule has 2 aromatic rings. The Bertz CT molecular complexity index is 1160. The zero-order valence-corrected chi connectivity index (χ0v) is 20.8. The van der Waals surface area contributed by atoms with Crippen molar-refractivity contribution in [3.63, 3.8) is 0 Å². The second kappa shape index (κ2) is 12.0. The highest BCUT2D eigenvalue weighted by atomic mass is 16.2. The highest BCUT2D eigenvalue weighted by molar-refractivity contribution is 6.02. The fourth-order valence-electron chi connectivity index (χ4n) is 4.02. The third-order valence-electron chi connectivity index (χ3n) is 5.75. The van der Waals surface area contributed by atoms with Gasteiger partial charge in [-0.3, -0.25) is 19.1 Å². The van der Waals surface area contributed by atoms with Gasteiger partial charge in [0.2, 0.25) is 5.95 Å². The number of aromatic nitrogens is 2. The lowest BCUT2D eigenvalue weighted by atomic mass is 10.1. The molecule has 1 aliphatic rings. The molecular formula is C25H34N8O2. The van der Waals surface area contributed by atoms with E-state index in [2.05, 4.69) is 37.7 Å². The van der Waals surface area contributed by atoms with E-state index in [0.717, 1.165) is 19.4 Å². The van der Waals surface area contributed by atoms with Crippen molar-refractivity contribution >= 4 is 35.0 Å². The number of nitrogens with zero attached hydrogens (tertiary/aromatic N) is 4. The van der Waals surface area contributed by atoms with Crippen molar-refractivity contribution in [1.82, 2.24) is 20.2 Å². The molecule has 2 amide bonds. The van der Waals surface area contributed by atoms with Crippen LogP contribution in [0.2, 0.25) is 0 Å². The lowest BCUT2D eigenvalue weighted by molar-refractivity contribution is 0.0947. The summed E-state index contributed by atoms with van der Waals surface area (Å²) in [7, 11) is 3.32. The molecule has 3 rings (SSSR count). The molecule has 1 aromatic carbocycles. The van der Waals surface area contributed by atoms with Crippen LogP contribution < -0.4 is 26.6 Å². The Balaban J connectivity index is 1.85. The molecule has 1 unspecified atom stereocenters. The number of carbonyl (C=O) groups excluding carboxylic acids is 2. The first kappa shape index (κ1) is 25.8. The van der Waals surface area contributed by atoms with E-state index in [-0.39, 0.29) is 24.4 Å². The van der Waals surface area contributed by atoms with Crippen LogP contribution >= 0.6 is 0 Å². The van der Waals surface area contributed by atoms with Crippen molar-refractivity contribution in [3.8, 4) is 11.8 Å². The lowest BCUT2D eigenvalue weighted by Crippen LogP contribution is -2.44. The predicted octanol–water partition coefficient (Wildman–Crippen LogP) is 1.76. The zero-order chi connectivity index (χ0) is 25.4. The highest BCUT2D eigenvalue weighted by Gasteiger charge is 2.27. The SMILES string of the molecule is CC#CCn1c(N2CCCC(N)C2)nc(NC)c1C(=O)NC/C(C)=N/c1ccccc1C(=O)NC. The van der Waals surface area contributed by atoms with E-state index in [1.165, 1.54) is 0 Å². The van der Waals surface area contributed by atoms with E-state index in [4.69, 9.17) is 10.7 Å². The van der Waals surface area contributed by atoms with Gasteiger partial charge in [0.05, 0.1) is 24.3 Å². The van der Waals surface area contributed by atoms with Gasteiger partial charge in [-0.25, -0.2) is 0 Å². The van der Waals surface area contributed by atoms with Crippen molar-refractivity contribution < 1.29 is 9.59 Å². The van der Waals surface area contributed by atoms with Gasteiger partial charge < -0.3 is 26.6 Å². The molecule has 2 heterocycles. The van der Waals surface area contributed by atoms with Gasteiger partial charge in [0.25, 0.3) is 11.8 Å². The standard InChI is InChI=1S/C25H34N8O2/c1-5-6-14-33-21(22(27-3)31-25(33)32-13-9-10-18(26)16-32)24(35)29-15-17(2)30-20-12-8-7-11-19(20)23(34)28-4/h7-8,11-12,18,27H,9-10,13-16,26H2,1-4H3,(H,28,34)(H,29,35)/b30-17+. The van der Waals surface area contributed by atoms with E-state index >= 15 is 0 Å². The van der Waals surface area contributed by atoms with Gasteiger partial charge >= 0.3 is 0 Å². The maximum Gasteiger partial charge on any atom is 0.272 e. The number of anilines is 2. The average molecular weight is 479 g/mol. The number of benzene rings is 1. The summed E-state index contributed by atoms with van der Waals surface area (Å²) in [5, 5.41) is 8.60. The molecule has 10 heteroatoms. The Labute approximate surface area is 206 Å². The monoisotopic (exact) mass is 478 g/mol. The van der Waals surface area contributed by atoms with Gasteiger partial charge in [-0.05, 0) is 38.8 Å². The van der Waals surface area contributed by atoms with Crippen molar-refractivity contribution in [2.45, 2.75) is 39.3 Å². The number of carbonyl (C=O) groups is 2. The number of para-hydroxylation sites is 1. The summed E-state index contributed by atoms with van der Waals surface area (Å²) < 4.78 is 1.84. The molecule has 35 heavy (non-hydrogen) atoms. The van der Waals surface area contributed by atoms with E-state index in [0.29, 0.717) is 47.5 Å². The molecule has 1 saturated heterocycles. The number of rotatable bonds is 8. The summed E-state index contributed by atoms with van der Waals surface area (Å²) in [6.45, 7) is 5.62. The minimum Gasteiger partial charge on any atom is -0.371 e. The smallest absolute Gasteiger partial charge is 0.272 e. The fraction of sp³-hybridized carbons (Fsp3) is 0.440. The summed E-state index contributed by atoms with van der Waals surface area (Å²) in [6.07, 6.45) is 1.94. The molecule has 0 aliphatic carbocycles. The first-order valence-corrected chi connectivity index (χ1v) is 11.7. The number of imidazole rings is 1. The Hall–Kier alpha value is -3.84. The number of amides is 2. The third kappa shape index (κ3) is 6.19. The largest absolute Gasteiger partial charge is 0.371 e. The second-order valence-corrected chi connectivity index (χ2v) is 8.35. The molecule has 1 atom stereocenters. The summed E-state index contributed by atoms with van der Waals surface area (Å²) in [5.41, 5.74) is 8.27. The normalized spacial score (nSPS) is 15.7. The van der Waals surface area contributed by atoms with Crippen LogP contribution in [-0.2, 0) is 6.54 Å². The quantitative estimate of drug-likeness (QED) is 0.338. The number of nitrogens with two attached hydrogens (primary N) is 1. The Morgan fingerprint density at radius 1 is 1.26 bits per heavy atom. The molecule has 10 nitrogen and oxygen atoms in total. The van der Waals surface area contributed by atoms with Gasteiger partial charge in [0.1, 0.15) is 0 Å². The van der Waals surface area contributed by atoms with Crippen molar-refractivity contribution in [3.05, 3.63) is 35.5 Å². The van der Waals surface area contributed by atoms with Crippen molar-refractivity contribution in [2.24, 2.45) is 10.7 Å². The van der Waals surface area contributed by atoms with E-state index in [9.17, 15) is 9.59 Å². The lowest BCUT2D eigenvalue weighted by Gasteiger charge is -2.31. The van der Waals surface area contributed by atoms with Gasteiger partial charge in [-0.15, -0.1) is 5.92 Å². The van der Waals surface area contributed by atoms with E-state index in [1.807, 2.05) is 10.6 Å². The molecule has 1 aromatic heterocycles. The number of hydrogen-bond acceptors (Lipinski definition) is 7. The topological polar surface area (TPSA) is 130 Å². The second-order valence-electron chi connectivity index (χ2n) is 8.35. The number of aliphatic imine (C=N–C) groups is 1. The van der Waals surface area contributed by atoms with Crippen LogP contribution in [0.5, 0.6) is 0 Å². The minimum absolute atomic E-state index is 0.0676. The highest BCUT2D eigenvalue weighted by Crippen LogP contribution is 2.26. The molecule has 0 saturated carbocycles. The zero-order valence-electron chi connectivity index (χ0n) is 20.8. The van der Waals surface area contributed by atoms with Gasteiger partial charge in [-0.2, -0.15) is 4.98 Å². The fourth-order valence-corrected chi connectivity index (χ4v) is 4.02. The first-order chi connectivity index (χ1) is 16.9. The minimum atomic E-state index is -0.290. The Kier molecular flexibility index (Phi) is 8.86. The van der Waals surface area contributed by atoms with Gasteiger partial charge in [0.15, 0.2) is 11.5 Å². The van der Waals surface area contributed by atoms with Crippen LogP contribution in [0, 0.1) is 11.8 Å². The molecule has 186 valence electrons. The summed E-state index contributed by atoms with van der Waals surface area (Å²) in [6, 6.07) is 7.15. The molecule has 0 radical (unpaired) electrons. The first-order valence-electron chi connectivity index (χ1n) is 11.7. The van der Waals surface area contributed by atoms with Crippen molar-refractivity contribution in [2.75, 3.05) is 43.9 Å². The van der Waals surface area contributed by atoms with Crippen molar-refractivity contribution in [1.29, 1.82) is 0 Å². The van der Waals surface area contributed by atoms with Crippen LogP contribution in [0.25, 0.3) is 0 Å². The summed E-state index contributed by atoms with van der Waals surface area (Å²) in [4.78, 5) is 36.8. The van der Waals surface area contributed by atoms with Gasteiger partial charge in [0, 0.05) is 38.9 Å². The number of piperidine rings is 1. The van der Waals surface area contributed by atoms with E-state index < -0.39 is 0 Å². The maximum absolute atomic E-state index is 13.3. The van der Waals surface area contributed by atoms with Crippen LogP contribution in [0.3, 0.4) is 0 Å². The summed E-state index contributed by atoms with van der Waals surface area (Å²) in [5.74, 6) is 6.61. The molecule has 1 fully saturated rings. The molecule has 5 N–H and O–H groups in total.